The van der Waals surface area contributed by atoms with Gasteiger partial charge in [0, 0.05) is 6.92 Å². The highest BCUT2D eigenvalue weighted by Crippen LogP contribution is 2.26. The molecule has 0 fully saturated rings. The van der Waals surface area contributed by atoms with Crippen LogP contribution in [0.1, 0.15) is 48.6 Å². The van der Waals surface area contributed by atoms with Crippen molar-refractivity contribution in [2.45, 2.75) is 20.1 Å². The first-order valence-corrected chi connectivity index (χ1v) is 8.01. The van der Waals surface area contributed by atoms with Crippen LogP contribution < -0.4 is 0 Å². The number of aromatic nitrogens is 2. The Morgan fingerprint density at radius 2 is 1.96 bits per heavy atom. The number of hydrogen-bond acceptors (Lipinski definition) is 8. The molecule has 4 rings (SSSR count). The van der Waals surface area contributed by atoms with Gasteiger partial charge in [-0.25, -0.2) is 4.79 Å². The third kappa shape index (κ3) is 3.10. The van der Waals surface area contributed by atoms with E-state index in [1.54, 1.807) is 19.1 Å². The summed E-state index contributed by atoms with van der Waals surface area (Å²) in [5.41, 5.74) is 0.524. The average Bonchev–Trinajstić information content (AvgIpc) is 3.38. The Hall–Kier alpha value is -3.75. The van der Waals surface area contributed by atoms with Gasteiger partial charge in [0.05, 0.1) is 29.5 Å². The van der Waals surface area contributed by atoms with Gasteiger partial charge in [-0.2, -0.15) is 0 Å². The topological polar surface area (TPSA) is 116 Å². The molecule has 3 heterocycles. The van der Waals surface area contributed by atoms with Crippen molar-refractivity contribution in [3.63, 3.8) is 0 Å². The zero-order valence-electron chi connectivity index (χ0n) is 14.2. The molecule has 3 aromatic rings. The van der Waals surface area contributed by atoms with Crippen molar-refractivity contribution in [1.29, 1.82) is 0 Å². The van der Waals surface area contributed by atoms with E-state index in [4.69, 9.17) is 13.6 Å². The molecule has 9 nitrogen and oxygen atoms in total. The van der Waals surface area contributed by atoms with Gasteiger partial charge in [-0.1, -0.05) is 0 Å². The lowest BCUT2D eigenvalue weighted by Crippen LogP contribution is -2.28. The van der Waals surface area contributed by atoms with Crippen LogP contribution in [-0.2, 0) is 17.9 Å². The van der Waals surface area contributed by atoms with Crippen molar-refractivity contribution >= 4 is 17.8 Å². The zero-order valence-corrected chi connectivity index (χ0v) is 14.2. The fourth-order valence-corrected chi connectivity index (χ4v) is 2.73. The lowest BCUT2D eigenvalue weighted by Gasteiger charge is -2.11. The molecule has 2 amide bonds. The Labute approximate surface area is 152 Å². The normalized spacial score (nSPS) is 13.1. The van der Waals surface area contributed by atoms with Crippen LogP contribution in [0, 0.1) is 6.92 Å². The highest BCUT2D eigenvalue weighted by atomic mass is 16.5. The first-order valence-electron chi connectivity index (χ1n) is 8.01. The first-order chi connectivity index (χ1) is 13.0. The largest absolute Gasteiger partial charge is 0.467 e. The molecule has 136 valence electrons. The van der Waals surface area contributed by atoms with E-state index < -0.39 is 17.8 Å². The molecule has 0 saturated heterocycles. The summed E-state index contributed by atoms with van der Waals surface area (Å²) in [7, 11) is 0. The SMILES string of the molecule is Cc1nnc(COC(=O)c2ccc3c(c2)C(=O)N(Cc2ccco2)C3=O)o1. The number of amides is 2. The summed E-state index contributed by atoms with van der Waals surface area (Å²) in [4.78, 5) is 38.3. The monoisotopic (exact) mass is 367 g/mol. The smallest absolute Gasteiger partial charge is 0.338 e. The molecule has 0 aliphatic carbocycles. The van der Waals surface area contributed by atoms with Crippen LogP contribution in [0.2, 0.25) is 0 Å². The molecular weight excluding hydrogens is 354 g/mol. The number of fused-ring (bicyclic) bond motifs is 1. The number of hydrogen-bond donors (Lipinski definition) is 0. The van der Waals surface area contributed by atoms with Crippen molar-refractivity contribution in [3.05, 3.63) is 70.8 Å². The lowest BCUT2D eigenvalue weighted by molar-refractivity contribution is 0.0436. The second kappa shape index (κ2) is 6.52. The van der Waals surface area contributed by atoms with E-state index in [-0.39, 0.29) is 35.7 Å². The zero-order chi connectivity index (χ0) is 19.0. The third-order valence-electron chi connectivity index (χ3n) is 4.00. The molecule has 0 atom stereocenters. The van der Waals surface area contributed by atoms with Crippen LogP contribution in [0.15, 0.2) is 45.4 Å². The van der Waals surface area contributed by atoms with Gasteiger partial charge in [0.25, 0.3) is 17.7 Å². The molecule has 1 aromatic carbocycles. The number of ether oxygens (including phenoxy) is 1. The number of imide groups is 1. The maximum Gasteiger partial charge on any atom is 0.338 e. The number of benzene rings is 1. The highest BCUT2D eigenvalue weighted by molar-refractivity contribution is 6.21. The van der Waals surface area contributed by atoms with E-state index in [0.717, 1.165) is 4.90 Å². The molecule has 9 heteroatoms. The Kier molecular flexibility index (Phi) is 4.03. The minimum atomic E-state index is -0.668. The van der Waals surface area contributed by atoms with Gasteiger partial charge < -0.3 is 13.6 Å². The van der Waals surface area contributed by atoms with Gasteiger partial charge in [0.1, 0.15) is 5.76 Å². The summed E-state index contributed by atoms with van der Waals surface area (Å²) in [5.74, 6) is -0.587. The Morgan fingerprint density at radius 3 is 2.67 bits per heavy atom. The Bertz CT molecular complexity index is 1040. The van der Waals surface area contributed by atoms with Crippen LogP contribution in [0.25, 0.3) is 0 Å². The third-order valence-corrected chi connectivity index (χ3v) is 4.00. The molecule has 0 radical (unpaired) electrons. The molecule has 1 aliphatic rings. The number of esters is 1. The fourth-order valence-electron chi connectivity index (χ4n) is 2.73. The highest BCUT2D eigenvalue weighted by Gasteiger charge is 2.36. The number of carbonyl (C=O) groups is 3. The second-order valence-electron chi connectivity index (χ2n) is 5.83. The van der Waals surface area contributed by atoms with Crippen molar-refractivity contribution in [3.8, 4) is 0 Å². The molecular formula is C18H13N3O6. The summed E-state index contributed by atoms with van der Waals surface area (Å²) in [5, 5.41) is 7.37. The average molecular weight is 367 g/mol. The number of carbonyl (C=O) groups excluding carboxylic acids is 3. The lowest BCUT2D eigenvalue weighted by atomic mass is 10.1. The quantitative estimate of drug-likeness (QED) is 0.497. The number of aryl methyl sites for hydroxylation is 1. The second-order valence-corrected chi connectivity index (χ2v) is 5.83. The molecule has 1 aliphatic heterocycles. The van der Waals surface area contributed by atoms with Crippen LogP contribution in [0.3, 0.4) is 0 Å². The fraction of sp³-hybridized carbons (Fsp3) is 0.167. The summed E-state index contributed by atoms with van der Waals surface area (Å²) in [6.07, 6.45) is 1.46. The maximum atomic E-state index is 12.6. The van der Waals surface area contributed by atoms with Crippen molar-refractivity contribution in [1.82, 2.24) is 15.1 Å². The van der Waals surface area contributed by atoms with Gasteiger partial charge in [0.15, 0.2) is 6.61 Å². The molecule has 0 unspecified atom stereocenters. The Balaban J connectivity index is 1.51. The molecule has 0 bridgehead atoms. The minimum absolute atomic E-state index is 0.0235. The molecule has 2 aromatic heterocycles. The molecule has 27 heavy (non-hydrogen) atoms. The van der Waals surface area contributed by atoms with Crippen LogP contribution in [0.5, 0.6) is 0 Å². The van der Waals surface area contributed by atoms with Crippen molar-refractivity contribution in [2.75, 3.05) is 0 Å². The van der Waals surface area contributed by atoms with Crippen LogP contribution >= 0.6 is 0 Å². The summed E-state index contributed by atoms with van der Waals surface area (Å²) in [6, 6.07) is 7.56. The predicted molar refractivity (Wildman–Crippen MR) is 87.5 cm³/mol. The van der Waals surface area contributed by atoms with Gasteiger partial charge in [-0.05, 0) is 30.3 Å². The van der Waals surface area contributed by atoms with E-state index in [1.807, 2.05) is 0 Å². The van der Waals surface area contributed by atoms with Crippen LogP contribution in [0.4, 0.5) is 0 Å². The van der Waals surface area contributed by atoms with Gasteiger partial charge in [0.2, 0.25) is 5.89 Å². The summed E-state index contributed by atoms with van der Waals surface area (Å²) >= 11 is 0. The number of rotatable bonds is 5. The summed E-state index contributed by atoms with van der Waals surface area (Å²) in [6.45, 7) is 1.46. The van der Waals surface area contributed by atoms with Crippen molar-refractivity contribution in [2.24, 2.45) is 0 Å². The summed E-state index contributed by atoms with van der Waals surface area (Å²) < 4.78 is 15.4. The molecule has 0 spiro atoms. The van der Waals surface area contributed by atoms with E-state index in [9.17, 15) is 14.4 Å². The molecule has 0 N–H and O–H groups in total. The van der Waals surface area contributed by atoms with E-state index in [2.05, 4.69) is 10.2 Å². The Morgan fingerprint density at radius 1 is 1.15 bits per heavy atom. The minimum Gasteiger partial charge on any atom is -0.467 e. The number of nitrogens with zero attached hydrogens (tertiary/aromatic N) is 3. The maximum absolute atomic E-state index is 12.6. The first kappa shape index (κ1) is 16.7. The van der Waals surface area contributed by atoms with E-state index >= 15 is 0 Å². The molecule has 0 saturated carbocycles. The van der Waals surface area contributed by atoms with Gasteiger partial charge in [-0.3, -0.25) is 14.5 Å². The van der Waals surface area contributed by atoms with Gasteiger partial charge >= 0.3 is 5.97 Å². The van der Waals surface area contributed by atoms with Crippen molar-refractivity contribution < 1.29 is 28.0 Å². The van der Waals surface area contributed by atoms with E-state index in [1.165, 1.54) is 24.5 Å². The van der Waals surface area contributed by atoms with Crippen LogP contribution in [-0.4, -0.2) is 32.9 Å². The van der Waals surface area contributed by atoms with Gasteiger partial charge in [-0.15, -0.1) is 10.2 Å². The predicted octanol–water partition coefficient (Wildman–Crippen LogP) is 2.12. The standard InChI is InChI=1S/C18H13N3O6/c1-10-19-20-15(27-10)9-26-18(24)11-4-5-13-14(7-11)17(23)21(16(13)22)8-12-3-2-6-25-12/h2-7H,8-9H2,1H3. The number of furan rings is 1. The van der Waals surface area contributed by atoms with E-state index in [0.29, 0.717) is 11.7 Å².